The first-order valence-electron chi connectivity index (χ1n) is 8.71. The predicted molar refractivity (Wildman–Crippen MR) is 112 cm³/mol. The number of ether oxygens (including phenoxy) is 1. The maximum absolute atomic E-state index is 12.7. The topological polar surface area (TPSA) is 76.1 Å². The fourth-order valence-corrected chi connectivity index (χ4v) is 2.97. The van der Waals surface area contributed by atoms with Crippen molar-refractivity contribution in [2.75, 3.05) is 17.7 Å². The van der Waals surface area contributed by atoms with Gasteiger partial charge < -0.3 is 15.4 Å². The van der Waals surface area contributed by atoms with Crippen molar-refractivity contribution in [1.82, 2.24) is 9.97 Å². The summed E-state index contributed by atoms with van der Waals surface area (Å²) in [4.78, 5) is 21.3. The number of hydrogen-bond donors (Lipinski definition) is 2. The van der Waals surface area contributed by atoms with Gasteiger partial charge in [-0.2, -0.15) is 0 Å². The molecule has 0 aliphatic carbocycles. The van der Waals surface area contributed by atoms with Gasteiger partial charge in [0.2, 0.25) is 0 Å². The van der Waals surface area contributed by atoms with Gasteiger partial charge in [0.15, 0.2) is 0 Å². The molecule has 1 amide bonds. The van der Waals surface area contributed by atoms with Crippen molar-refractivity contribution in [1.29, 1.82) is 0 Å². The first-order valence-corrected chi connectivity index (χ1v) is 9.09. The maximum Gasteiger partial charge on any atom is 0.274 e. The van der Waals surface area contributed by atoms with Crippen molar-refractivity contribution < 1.29 is 9.53 Å². The molecule has 1 heterocycles. The van der Waals surface area contributed by atoms with Crippen LogP contribution in [0.4, 0.5) is 17.2 Å². The third kappa shape index (κ3) is 4.40. The molecule has 2 aromatic carbocycles. The molecule has 0 saturated heterocycles. The molecule has 28 heavy (non-hydrogen) atoms. The van der Waals surface area contributed by atoms with Crippen LogP contribution in [0.15, 0.2) is 42.5 Å². The zero-order valence-electron chi connectivity index (χ0n) is 16.1. The van der Waals surface area contributed by atoms with E-state index in [1.807, 2.05) is 32.0 Å². The first kappa shape index (κ1) is 19.6. The van der Waals surface area contributed by atoms with Gasteiger partial charge in [0.1, 0.15) is 23.1 Å². The van der Waals surface area contributed by atoms with Crippen LogP contribution in [0.2, 0.25) is 5.02 Å². The number of aromatic nitrogens is 2. The lowest BCUT2D eigenvalue weighted by Gasteiger charge is -2.12. The molecule has 0 radical (unpaired) electrons. The van der Waals surface area contributed by atoms with Crippen molar-refractivity contribution in [3.63, 3.8) is 0 Å². The minimum Gasteiger partial charge on any atom is -0.495 e. The lowest BCUT2D eigenvalue weighted by Crippen LogP contribution is -2.15. The second-order valence-electron chi connectivity index (χ2n) is 6.36. The van der Waals surface area contributed by atoms with Crippen LogP contribution in [0.25, 0.3) is 0 Å². The summed E-state index contributed by atoms with van der Waals surface area (Å²) in [7, 11) is 1.54. The fraction of sp³-hybridized carbons (Fsp3) is 0.190. The molecule has 3 aromatic rings. The third-order valence-corrected chi connectivity index (χ3v) is 4.64. The van der Waals surface area contributed by atoms with Gasteiger partial charge in [0.05, 0.1) is 12.1 Å². The van der Waals surface area contributed by atoms with Crippen LogP contribution in [0.1, 0.15) is 27.4 Å². The Bertz CT molecular complexity index is 1040. The molecule has 0 saturated carbocycles. The molecule has 0 fully saturated rings. The zero-order chi connectivity index (χ0) is 20.3. The summed E-state index contributed by atoms with van der Waals surface area (Å²) in [5.74, 6) is 1.24. The second kappa shape index (κ2) is 8.27. The van der Waals surface area contributed by atoms with Crippen LogP contribution in [0.3, 0.4) is 0 Å². The van der Waals surface area contributed by atoms with E-state index >= 15 is 0 Å². The lowest BCUT2D eigenvalue weighted by atomic mass is 10.1. The van der Waals surface area contributed by atoms with Gasteiger partial charge in [-0.05, 0) is 56.2 Å². The molecule has 7 heteroatoms. The zero-order valence-corrected chi connectivity index (χ0v) is 16.9. The summed E-state index contributed by atoms with van der Waals surface area (Å²) in [6.45, 7) is 5.83. The highest BCUT2D eigenvalue weighted by molar-refractivity contribution is 6.32. The Morgan fingerprint density at radius 2 is 1.86 bits per heavy atom. The highest BCUT2D eigenvalue weighted by Gasteiger charge is 2.13. The van der Waals surface area contributed by atoms with Gasteiger partial charge >= 0.3 is 0 Å². The molecule has 6 nitrogen and oxygen atoms in total. The average molecular weight is 397 g/mol. The van der Waals surface area contributed by atoms with Crippen molar-refractivity contribution in [3.05, 3.63) is 70.1 Å². The number of carbonyl (C=O) groups excluding carboxylic acids is 1. The number of nitrogens with zero attached hydrogens (tertiary/aromatic N) is 2. The molecule has 144 valence electrons. The number of amides is 1. The van der Waals surface area contributed by atoms with E-state index in [4.69, 9.17) is 16.3 Å². The van der Waals surface area contributed by atoms with Crippen LogP contribution in [0, 0.1) is 20.8 Å². The Hall–Kier alpha value is -3.12. The summed E-state index contributed by atoms with van der Waals surface area (Å²) in [6.07, 6.45) is 0. The molecule has 0 unspecified atom stereocenters. The highest BCUT2D eigenvalue weighted by Crippen LogP contribution is 2.27. The molecular formula is C21H21ClN4O2. The van der Waals surface area contributed by atoms with E-state index in [2.05, 4.69) is 20.6 Å². The number of hydrogen-bond acceptors (Lipinski definition) is 5. The van der Waals surface area contributed by atoms with Crippen LogP contribution in [-0.4, -0.2) is 23.0 Å². The number of benzene rings is 2. The molecule has 1 aromatic heterocycles. The Kier molecular flexibility index (Phi) is 5.80. The molecule has 3 rings (SSSR count). The summed E-state index contributed by atoms with van der Waals surface area (Å²) < 4.78 is 5.12. The minimum atomic E-state index is -0.351. The molecule has 0 atom stereocenters. The van der Waals surface area contributed by atoms with E-state index in [9.17, 15) is 4.79 Å². The highest BCUT2D eigenvalue weighted by atomic mass is 35.5. The van der Waals surface area contributed by atoms with E-state index in [1.165, 1.54) is 12.7 Å². The van der Waals surface area contributed by atoms with Crippen LogP contribution in [0.5, 0.6) is 5.75 Å². The summed E-state index contributed by atoms with van der Waals surface area (Å²) >= 11 is 6.12. The van der Waals surface area contributed by atoms with Gasteiger partial charge in [-0.25, -0.2) is 9.97 Å². The Balaban J connectivity index is 1.83. The largest absolute Gasteiger partial charge is 0.495 e. The van der Waals surface area contributed by atoms with E-state index < -0.39 is 0 Å². The molecular weight excluding hydrogens is 376 g/mol. The maximum atomic E-state index is 12.7. The quantitative estimate of drug-likeness (QED) is 0.630. The van der Waals surface area contributed by atoms with E-state index in [0.717, 1.165) is 11.3 Å². The summed E-state index contributed by atoms with van der Waals surface area (Å²) in [5, 5.41) is 6.47. The molecule has 0 aliphatic heterocycles. The fourth-order valence-electron chi connectivity index (χ4n) is 2.71. The van der Waals surface area contributed by atoms with Gasteiger partial charge in [-0.15, -0.1) is 0 Å². The van der Waals surface area contributed by atoms with Crippen molar-refractivity contribution in [2.24, 2.45) is 0 Å². The Morgan fingerprint density at radius 3 is 2.57 bits per heavy atom. The monoisotopic (exact) mass is 396 g/mol. The summed E-state index contributed by atoms with van der Waals surface area (Å²) in [6, 6.07) is 12.6. The van der Waals surface area contributed by atoms with Gasteiger partial charge in [-0.3, -0.25) is 4.79 Å². The lowest BCUT2D eigenvalue weighted by molar-refractivity contribution is 0.102. The van der Waals surface area contributed by atoms with Gasteiger partial charge in [-0.1, -0.05) is 23.7 Å². The van der Waals surface area contributed by atoms with Gasteiger partial charge in [0, 0.05) is 17.4 Å². The standard InChI is InChI=1S/C21H21ClN4O2/c1-12-6-5-7-17(13(12)2)26-20-11-18(23-14(3)24-20)21(27)25-15-8-9-19(28-4)16(22)10-15/h5-11H,1-4H3,(H,25,27)(H,23,24,26). The van der Waals surface area contributed by atoms with Crippen LogP contribution < -0.4 is 15.4 Å². The smallest absolute Gasteiger partial charge is 0.274 e. The number of aryl methyl sites for hydroxylation is 2. The number of carbonyl (C=O) groups is 1. The Labute approximate surface area is 168 Å². The van der Waals surface area contributed by atoms with E-state index in [0.29, 0.717) is 28.1 Å². The van der Waals surface area contributed by atoms with Gasteiger partial charge in [0.25, 0.3) is 5.91 Å². The van der Waals surface area contributed by atoms with E-state index in [-0.39, 0.29) is 11.6 Å². The SMILES string of the molecule is COc1ccc(NC(=O)c2cc(Nc3cccc(C)c3C)nc(C)n2)cc1Cl. The summed E-state index contributed by atoms with van der Waals surface area (Å²) in [5.41, 5.74) is 4.04. The first-order chi connectivity index (χ1) is 13.4. The van der Waals surface area contributed by atoms with E-state index in [1.54, 1.807) is 31.2 Å². The number of nitrogens with one attached hydrogen (secondary N) is 2. The number of rotatable bonds is 5. The number of halogens is 1. The molecule has 0 bridgehead atoms. The van der Waals surface area contributed by atoms with Crippen molar-refractivity contribution >= 4 is 34.7 Å². The third-order valence-electron chi connectivity index (χ3n) is 4.35. The van der Waals surface area contributed by atoms with Crippen LogP contribution in [-0.2, 0) is 0 Å². The van der Waals surface area contributed by atoms with Crippen LogP contribution >= 0.6 is 11.6 Å². The molecule has 0 spiro atoms. The van der Waals surface area contributed by atoms with Crippen molar-refractivity contribution in [3.8, 4) is 5.75 Å². The molecule has 0 aliphatic rings. The second-order valence-corrected chi connectivity index (χ2v) is 6.77. The van der Waals surface area contributed by atoms with Crippen molar-refractivity contribution in [2.45, 2.75) is 20.8 Å². The number of anilines is 3. The molecule has 2 N–H and O–H groups in total. The predicted octanol–water partition coefficient (Wildman–Crippen LogP) is 5.06. The number of methoxy groups -OCH3 is 1. The average Bonchev–Trinajstić information content (AvgIpc) is 2.65. The normalized spacial score (nSPS) is 10.5. The Morgan fingerprint density at radius 1 is 1.07 bits per heavy atom. The minimum absolute atomic E-state index is 0.257.